The fourth-order valence-electron chi connectivity index (χ4n) is 3.81. The minimum atomic E-state index is -4.43. The summed E-state index contributed by atoms with van der Waals surface area (Å²) < 4.78 is 44.6. The molecule has 1 saturated carbocycles. The van der Waals surface area contributed by atoms with Crippen LogP contribution >= 0.6 is 0 Å². The number of carbonyl (C=O) groups is 1. The molecule has 0 saturated heterocycles. The number of methoxy groups -OCH3 is 1. The van der Waals surface area contributed by atoms with E-state index in [-0.39, 0.29) is 12.5 Å². The van der Waals surface area contributed by atoms with E-state index >= 15 is 0 Å². The van der Waals surface area contributed by atoms with E-state index in [1.165, 1.54) is 6.07 Å². The molecule has 0 atom stereocenters. The summed E-state index contributed by atoms with van der Waals surface area (Å²) >= 11 is 0. The summed E-state index contributed by atoms with van der Waals surface area (Å²) in [7, 11) is 1.56. The zero-order valence-electron chi connectivity index (χ0n) is 15.1. The van der Waals surface area contributed by atoms with Crippen LogP contribution in [0.15, 0.2) is 48.5 Å². The van der Waals surface area contributed by atoms with Gasteiger partial charge in [-0.15, -0.1) is 0 Å². The van der Waals surface area contributed by atoms with Crippen LogP contribution in [0.2, 0.25) is 0 Å². The zero-order valence-corrected chi connectivity index (χ0v) is 15.1. The molecule has 3 rings (SSSR count). The molecule has 3 nitrogen and oxygen atoms in total. The molecule has 1 amide bonds. The number of benzene rings is 2. The zero-order chi connectivity index (χ0) is 19.5. The monoisotopic (exact) mass is 377 g/mol. The number of ether oxygens (including phenoxy) is 1. The molecule has 0 unspecified atom stereocenters. The van der Waals surface area contributed by atoms with Gasteiger partial charge in [-0.1, -0.05) is 49.2 Å². The van der Waals surface area contributed by atoms with Crippen molar-refractivity contribution in [2.75, 3.05) is 7.11 Å². The van der Waals surface area contributed by atoms with E-state index in [0.717, 1.165) is 30.5 Å². The van der Waals surface area contributed by atoms with Crippen molar-refractivity contribution in [2.24, 2.45) is 0 Å². The van der Waals surface area contributed by atoms with E-state index < -0.39 is 17.2 Å². The van der Waals surface area contributed by atoms with Crippen LogP contribution in [0, 0.1) is 0 Å². The molecule has 0 spiro atoms. The highest BCUT2D eigenvalue weighted by Crippen LogP contribution is 2.43. The molecule has 0 radical (unpaired) electrons. The summed E-state index contributed by atoms with van der Waals surface area (Å²) in [6.45, 7) is 0.267. The number of halogens is 3. The van der Waals surface area contributed by atoms with Crippen LogP contribution in [0.1, 0.15) is 42.4 Å². The number of rotatable bonds is 5. The first kappa shape index (κ1) is 19.3. The lowest BCUT2D eigenvalue weighted by atomic mass is 9.77. The largest absolute Gasteiger partial charge is 0.496 e. The average Bonchev–Trinajstić information content (AvgIpc) is 3.17. The molecule has 27 heavy (non-hydrogen) atoms. The van der Waals surface area contributed by atoms with Crippen LogP contribution in [-0.2, 0) is 22.9 Å². The highest BCUT2D eigenvalue weighted by molar-refractivity contribution is 5.88. The third-order valence-corrected chi connectivity index (χ3v) is 5.27. The number of hydrogen-bond acceptors (Lipinski definition) is 2. The van der Waals surface area contributed by atoms with Crippen molar-refractivity contribution in [1.29, 1.82) is 0 Å². The lowest BCUT2D eigenvalue weighted by molar-refractivity contribution is -0.138. The number of hydrogen-bond donors (Lipinski definition) is 1. The van der Waals surface area contributed by atoms with E-state index in [9.17, 15) is 18.0 Å². The third-order valence-electron chi connectivity index (χ3n) is 5.27. The molecule has 1 N–H and O–H groups in total. The first-order chi connectivity index (χ1) is 12.9. The highest BCUT2D eigenvalue weighted by atomic mass is 19.4. The molecule has 144 valence electrons. The fraction of sp³-hybridized carbons (Fsp3) is 0.381. The third kappa shape index (κ3) is 3.94. The van der Waals surface area contributed by atoms with Gasteiger partial charge in [0, 0.05) is 12.1 Å². The van der Waals surface area contributed by atoms with Crippen LogP contribution < -0.4 is 10.1 Å². The van der Waals surface area contributed by atoms with E-state index in [1.807, 2.05) is 18.2 Å². The van der Waals surface area contributed by atoms with Gasteiger partial charge < -0.3 is 10.1 Å². The first-order valence-electron chi connectivity index (χ1n) is 8.95. The van der Waals surface area contributed by atoms with Gasteiger partial charge in [-0.25, -0.2) is 0 Å². The Bertz CT molecular complexity index is 811. The molecule has 2 aromatic rings. The summed E-state index contributed by atoms with van der Waals surface area (Å²) in [5.74, 6) is 0.433. The van der Waals surface area contributed by atoms with E-state index in [2.05, 4.69) is 5.32 Å². The molecular weight excluding hydrogens is 355 g/mol. The normalized spacial score (nSPS) is 16.1. The fourth-order valence-corrected chi connectivity index (χ4v) is 3.81. The Morgan fingerprint density at radius 3 is 2.48 bits per heavy atom. The smallest absolute Gasteiger partial charge is 0.416 e. The second kappa shape index (κ2) is 7.62. The van der Waals surface area contributed by atoms with E-state index in [4.69, 9.17) is 4.74 Å². The summed E-state index contributed by atoms with van der Waals surface area (Å²) in [5, 5.41) is 2.91. The Morgan fingerprint density at radius 1 is 1.11 bits per heavy atom. The predicted octanol–water partition coefficient (Wildman–Crippen LogP) is 4.84. The van der Waals surface area contributed by atoms with Crippen molar-refractivity contribution in [3.63, 3.8) is 0 Å². The lowest BCUT2D eigenvalue weighted by Gasteiger charge is -2.29. The van der Waals surface area contributed by atoms with Crippen molar-refractivity contribution < 1.29 is 22.7 Å². The van der Waals surface area contributed by atoms with Crippen molar-refractivity contribution in [2.45, 2.75) is 43.8 Å². The van der Waals surface area contributed by atoms with Gasteiger partial charge in [-0.3, -0.25) is 4.79 Å². The van der Waals surface area contributed by atoms with Crippen LogP contribution in [-0.4, -0.2) is 13.0 Å². The lowest BCUT2D eigenvalue weighted by Crippen LogP contribution is -2.42. The molecule has 2 aromatic carbocycles. The van der Waals surface area contributed by atoms with Crippen LogP contribution in [0.25, 0.3) is 0 Å². The first-order valence-corrected chi connectivity index (χ1v) is 8.95. The SMILES string of the molecule is COc1ccccc1CNC(=O)C1(c2cccc(C(F)(F)F)c2)CCCC1. The van der Waals surface area contributed by atoms with Gasteiger partial charge in [-0.05, 0) is 30.5 Å². The van der Waals surface area contributed by atoms with Gasteiger partial charge in [0.05, 0.1) is 18.1 Å². The molecule has 1 aliphatic carbocycles. The quantitative estimate of drug-likeness (QED) is 0.810. The summed E-state index contributed by atoms with van der Waals surface area (Å²) in [6.07, 6.45) is -1.70. The molecule has 1 fully saturated rings. The number of carbonyl (C=O) groups excluding carboxylic acids is 1. The van der Waals surface area contributed by atoms with Crippen molar-refractivity contribution in [3.8, 4) is 5.75 Å². The van der Waals surface area contributed by atoms with Gasteiger partial charge in [0.25, 0.3) is 0 Å². The molecule has 0 bridgehead atoms. The minimum Gasteiger partial charge on any atom is -0.496 e. The topological polar surface area (TPSA) is 38.3 Å². The van der Waals surface area contributed by atoms with Gasteiger partial charge in [0.1, 0.15) is 5.75 Å². The molecular formula is C21H22F3NO2. The van der Waals surface area contributed by atoms with Crippen molar-refractivity contribution in [1.82, 2.24) is 5.32 Å². The summed E-state index contributed by atoms with van der Waals surface area (Å²) in [4.78, 5) is 13.1. The molecule has 0 heterocycles. The Balaban J connectivity index is 1.85. The number of para-hydroxylation sites is 1. The Hall–Kier alpha value is -2.50. The van der Waals surface area contributed by atoms with Gasteiger partial charge in [-0.2, -0.15) is 13.2 Å². The Kier molecular flexibility index (Phi) is 5.44. The average molecular weight is 377 g/mol. The molecule has 1 aliphatic rings. The van der Waals surface area contributed by atoms with Gasteiger partial charge >= 0.3 is 6.18 Å². The maximum absolute atomic E-state index is 13.1. The van der Waals surface area contributed by atoms with Crippen molar-refractivity contribution in [3.05, 3.63) is 65.2 Å². The maximum atomic E-state index is 13.1. The highest BCUT2D eigenvalue weighted by Gasteiger charge is 2.43. The van der Waals surface area contributed by atoms with Crippen LogP contribution in [0.3, 0.4) is 0 Å². The molecule has 0 aromatic heterocycles. The summed E-state index contributed by atoms with van der Waals surface area (Å²) in [5.41, 5.74) is -0.370. The molecule has 0 aliphatic heterocycles. The second-order valence-electron chi connectivity index (χ2n) is 6.86. The maximum Gasteiger partial charge on any atom is 0.416 e. The van der Waals surface area contributed by atoms with Crippen LogP contribution in [0.4, 0.5) is 13.2 Å². The number of amides is 1. The van der Waals surface area contributed by atoms with E-state index in [1.54, 1.807) is 19.2 Å². The van der Waals surface area contributed by atoms with Crippen molar-refractivity contribution >= 4 is 5.91 Å². The van der Waals surface area contributed by atoms with Crippen LogP contribution in [0.5, 0.6) is 5.75 Å². The number of alkyl halides is 3. The Labute approximate surface area is 156 Å². The predicted molar refractivity (Wildman–Crippen MR) is 96.4 cm³/mol. The number of nitrogens with one attached hydrogen (secondary N) is 1. The molecule has 6 heteroatoms. The van der Waals surface area contributed by atoms with Gasteiger partial charge in [0.2, 0.25) is 5.91 Å². The minimum absolute atomic E-state index is 0.231. The standard InChI is InChI=1S/C21H22F3NO2/c1-27-18-10-3-2-7-15(18)14-25-19(26)20(11-4-5-12-20)16-8-6-9-17(13-16)21(22,23)24/h2-3,6-10,13H,4-5,11-12,14H2,1H3,(H,25,26). The van der Waals surface area contributed by atoms with Gasteiger partial charge in [0.15, 0.2) is 0 Å². The second-order valence-corrected chi connectivity index (χ2v) is 6.86. The van der Waals surface area contributed by atoms with E-state index in [0.29, 0.717) is 24.2 Å². The Morgan fingerprint density at radius 2 is 1.81 bits per heavy atom. The summed E-state index contributed by atoms with van der Waals surface area (Å²) in [6, 6.07) is 12.5.